The number of rotatable bonds is 7. The molecule has 0 aliphatic heterocycles. The predicted octanol–water partition coefficient (Wildman–Crippen LogP) is 3.56. The van der Waals surface area contributed by atoms with E-state index in [0.29, 0.717) is 28.8 Å². The highest BCUT2D eigenvalue weighted by atomic mass is 35.5. The molecule has 0 aliphatic carbocycles. The van der Waals surface area contributed by atoms with Gasteiger partial charge in [-0.25, -0.2) is 0 Å². The van der Waals surface area contributed by atoms with Gasteiger partial charge in [0.05, 0.1) is 10.0 Å². The van der Waals surface area contributed by atoms with Crippen molar-refractivity contribution in [2.75, 3.05) is 13.6 Å². The zero-order valence-corrected chi connectivity index (χ0v) is 13.3. The van der Waals surface area contributed by atoms with Crippen molar-refractivity contribution in [3.63, 3.8) is 0 Å². The lowest BCUT2D eigenvalue weighted by Gasteiger charge is -2.26. The number of hydrogen-bond acceptors (Lipinski definition) is 3. The molecule has 6 heteroatoms. The summed E-state index contributed by atoms with van der Waals surface area (Å²) in [6, 6.07) is 4.55. The molecule has 20 heavy (non-hydrogen) atoms. The fourth-order valence-electron chi connectivity index (χ4n) is 2.03. The van der Waals surface area contributed by atoms with Crippen LogP contribution >= 0.6 is 23.2 Å². The Labute approximate surface area is 129 Å². The minimum Gasteiger partial charge on any atom is -0.489 e. The highest BCUT2D eigenvalue weighted by Crippen LogP contribution is 2.26. The molecule has 0 aromatic heterocycles. The van der Waals surface area contributed by atoms with Gasteiger partial charge in [-0.2, -0.15) is 0 Å². The van der Waals surface area contributed by atoms with Crippen LogP contribution in [0.15, 0.2) is 18.2 Å². The molecule has 0 heterocycles. The summed E-state index contributed by atoms with van der Waals surface area (Å²) < 4.78 is 5.72. The molecule has 0 saturated heterocycles. The van der Waals surface area contributed by atoms with E-state index in [1.807, 2.05) is 13.8 Å². The Morgan fingerprint density at radius 1 is 1.40 bits per heavy atom. The number of carboxylic acids is 1. The van der Waals surface area contributed by atoms with Gasteiger partial charge in [-0.15, -0.1) is 0 Å². The van der Waals surface area contributed by atoms with Crippen molar-refractivity contribution in [3.8, 4) is 5.75 Å². The molecule has 112 valence electrons. The minimum atomic E-state index is -0.822. The first-order valence-electron chi connectivity index (χ1n) is 6.39. The van der Waals surface area contributed by atoms with Crippen molar-refractivity contribution < 1.29 is 14.6 Å². The first kappa shape index (κ1) is 17.1. The lowest BCUT2D eigenvalue weighted by Crippen LogP contribution is -2.42. The fraction of sp³-hybridized carbons (Fsp3) is 0.500. The van der Waals surface area contributed by atoms with Crippen molar-refractivity contribution >= 4 is 29.2 Å². The number of carbonyl (C=O) groups is 1. The first-order chi connectivity index (χ1) is 9.35. The summed E-state index contributed by atoms with van der Waals surface area (Å²) in [5.41, 5.74) is 0. The Kier molecular flexibility index (Phi) is 6.59. The second-order valence-corrected chi connectivity index (χ2v) is 5.52. The Balaban J connectivity index is 2.60. The second-order valence-electron chi connectivity index (χ2n) is 4.71. The third kappa shape index (κ3) is 4.85. The maximum Gasteiger partial charge on any atom is 0.320 e. The summed E-state index contributed by atoms with van der Waals surface area (Å²) in [5, 5.41) is 10.0. The first-order valence-corrected chi connectivity index (χ1v) is 7.15. The summed E-state index contributed by atoms with van der Waals surface area (Å²) >= 11 is 11.8. The normalized spacial score (nSPS) is 14.1. The van der Waals surface area contributed by atoms with E-state index >= 15 is 0 Å². The Hall–Kier alpha value is -0.970. The van der Waals surface area contributed by atoms with E-state index in [4.69, 9.17) is 33.0 Å². The van der Waals surface area contributed by atoms with E-state index in [-0.39, 0.29) is 6.10 Å². The average Bonchev–Trinajstić information content (AvgIpc) is 2.34. The average molecular weight is 320 g/mol. The molecule has 2 unspecified atom stereocenters. The molecule has 0 saturated carbocycles. The summed E-state index contributed by atoms with van der Waals surface area (Å²) in [4.78, 5) is 12.8. The van der Waals surface area contributed by atoms with Crippen LogP contribution in [0.4, 0.5) is 0 Å². The van der Waals surface area contributed by atoms with Gasteiger partial charge in [-0.3, -0.25) is 9.69 Å². The Bertz CT molecular complexity index is 468. The van der Waals surface area contributed by atoms with Crippen molar-refractivity contribution in [1.29, 1.82) is 0 Å². The van der Waals surface area contributed by atoms with Crippen LogP contribution in [0.5, 0.6) is 5.75 Å². The number of halogens is 2. The van der Waals surface area contributed by atoms with Gasteiger partial charge in [-0.05, 0) is 32.5 Å². The van der Waals surface area contributed by atoms with Crippen LogP contribution in [-0.2, 0) is 4.79 Å². The summed E-state index contributed by atoms with van der Waals surface area (Å²) in [7, 11) is 1.77. The molecule has 1 rings (SSSR count). The Morgan fingerprint density at radius 3 is 2.55 bits per heavy atom. The fourth-order valence-corrected chi connectivity index (χ4v) is 2.32. The minimum absolute atomic E-state index is 0.161. The molecule has 0 radical (unpaired) electrons. The monoisotopic (exact) mass is 319 g/mol. The van der Waals surface area contributed by atoms with Gasteiger partial charge in [0.15, 0.2) is 0 Å². The zero-order chi connectivity index (χ0) is 15.3. The Morgan fingerprint density at radius 2 is 2.05 bits per heavy atom. The molecule has 1 aromatic carbocycles. The van der Waals surface area contributed by atoms with Crippen LogP contribution < -0.4 is 4.74 Å². The molecule has 0 aliphatic rings. The number of nitrogens with zero attached hydrogens (tertiary/aromatic N) is 1. The highest BCUT2D eigenvalue weighted by molar-refractivity contribution is 6.42. The molecule has 1 N–H and O–H groups in total. The van der Waals surface area contributed by atoms with Gasteiger partial charge in [0.2, 0.25) is 0 Å². The van der Waals surface area contributed by atoms with Crippen molar-refractivity contribution in [2.24, 2.45) is 0 Å². The third-order valence-electron chi connectivity index (χ3n) is 2.98. The molecule has 0 bridgehead atoms. The standard InChI is InChI=1S/C14H19Cl2NO3/c1-4-13(14(18)19)17(3)8-9(2)20-10-5-6-11(15)12(16)7-10/h5-7,9,13H,4,8H2,1-3H3,(H,18,19). The van der Waals surface area contributed by atoms with Crippen molar-refractivity contribution in [3.05, 3.63) is 28.2 Å². The van der Waals surface area contributed by atoms with Gasteiger partial charge < -0.3 is 9.84 Å². The van der Waals surface area contributed by atoms with Gasteiger partial charge in [0.1, 0.15) is 17.9 Å². The van der Waals surface area contributed by atoms with E-state index in [0.717, 1.165) is 0 Å². The quantitative estimate of drug-likeness (QED) is 0.834. The number of benzene rings is 1. The SMILES string of the molecule is CCC(C(=O)O)N(C)CC(C)Oc1ccc(Cl)c(Cl)c1. The number of hydrogen-bond donors (Lipinski definition) is 1. The molecular formula is C14H19Cl2NO3. The molecule has 4 nitrogen and oxygen atoms in total. The largest absolute Gasteiger partial charge is 0.489 e. The van der Waals surface area contributed by atoms with Gasteiger partial charge in [0.25, 0.3) is 0 Å². The molecule has 0 fully saturated rings. The second kappa shape index (κ2) is 7.72. The van der Waals surface area contributed by atoms with Gasteiger partial charge in [0, 0.05) is 12.6 Å². The molecule has 0 spiro atoms. The molecule has 0 amide bonds. The van der Waals surface area contributed by atoms with Gasteiger partial charge >= 0.3 is 5.97 Å². The summed E-state index contributed by atoms with van der Waals surface area (Å²) in [6.07, 6.45) is 0.386. The van der Waals surface area contributed by atoms with Crippen LogP contribution in [0.1, 0.15) is 20.3 Å². The summed E-state index contributed by atoms with van der Waals surface area (Å²) in [5.74, 6) is -0.208. The topological polar surface area (TPSA) is 49.8 Å². The van der Waals surface area contributed by atoms with E-state index in [1.165, 1.54) is 0 Å². The van der Waals surface area contributed by atoms with Crippen LogP contribution in [0.3, 0.4) is 0 Å². The summed E-state index contributed by atoms with van der Waals surface area (Å²) in [6.45, 7) is 4.23. The van der Waals surface area contributed by atoms with E-state index in [1.54, 1.807) is 30.1 Å². The molecular weight excluding hydrogens is 301 g/mol. The van der Waals surface area contributed by atoms with Crippen molar-refractivity contribution in [1.82, 2.24) is 4.90 Å². The lowest BCUT2D eigenvalue weighted by atomic mass is 10.2. The number of likely N-dealkylation sites (N-methyl/N-ethyl adjacent to an activating group) is 1. The van der Waals surface area contributed by atoms with E-state index in [9.17, 15) is 4.79 Å². The molecule has 1 aromatic rings. The van der Waals surface area contributed by atoms with Crippen LogP contribution in [0.25, 0.3) is 0 Å². The van der Waals surface area contributed by atoms with E-state index in [2.05, 4.69) is 0 Å². The van der Waals surface area contributed by atoms with Crippen LogP contribution in [0, 0.1) is 0 Å². The number of aliphatic carboxylic acids is 1. The maximum absolute atomic E-state index is 11.1. The number of ether oxygens (including phenoxy) is 1. The zero-order valence-electron chi connectivity index (χ0n) is 11.8. The third-order valence-corrected chi connectivity index (χ3v) is 3.72. The number of carboxylic acid groups (broad SMARTS) is 1. The lowest BCUT2D eigenvalue weighted by molar-refractivity contribution is -0.143. The van der Waals surface area contributed by atoms with Crippen LogP contribution in [0.2, 0.25) is 10.0 Å². The van der Waals surface area contributed by atoms with E-state index < -0.39 is 12.0 Å². The smallest absolute Gasteiger partial charge is 0.320 e. The maximum atomic E-state index is 11.1. The predicted molar refractivity (Wildman–Crippen MR) is 80.9 cm³/mol. The van der Waals surface area contributed by atoms with Crippen molar-refractivity contribution in [2.45, 2.75) is 32.4 Å². The van der Waals surface area contributed by atoms with Crippen LogP contribution in [-0.4, -0.2) is 41.7 Å². The highest BCUT2D eigenvalue weighted by Gasteiger charge is 2.22. The van der Waals surface area contributed by atoms with Gasteiger partial charge in [-0.1, -0.05) is 30.1 Å². The molecule has 2 atom stereocenters.